The maximum atomic E-state index is 7.00. The molecule has 1 aliphatic heterocycles. The van der Waals surface area contributed by atoms with Crippen LogP contribution in [0.1, 0.15) is 22.3 Å². The zero-order valence-corrected chi connectivity index (χ0v) is 21.9. The molecule has 1 fully saturated rings. The van der Waals surface area contributed by atoms with E-state index in [1.807, 2.05) is 30.3 Å². The van der Waals surface area contributed by atoms with E-state index in [0.717, 1.165) is 46.8 Å². The summed E-state index contributed by atoms with van der Waals surface area (Å²) in [6.45, 7) is 6.58. The number of aliphatic hydroxyl groups excluding tert-OH is 1. The van der Waals surface area contributed by atoms with Gasteiger partial charge in [-0.2, -0.15) is 0 Å². The summed E-state index contributed by atoms with van der Waals surface area (Å²) < 4.78 is 0. The second-order valence-electron chi connectivity index (χ2n) is 9.06. The molecular weight excluding hydrogens is 456 g/mol. The first kappa shape index (κ1) is 28.3. The van der Waals surface area contributed by atoms with Crippen LogP contribution in [0, 0.1) is 0 Å². The van der Waals surface area contributed by atoms with Crippen molar-refractivity contribution in [2.24, 2.45) is 5.73 Å². The van der Waals surface area contributed by atoms with Crippen LogP contribution in [0.4, 0.5) is 0 Å². The van der Waals surface area contributed by atoms with E-state index in [2.05, 4.69) is 106 Å². The van der Waals surface area contributed by atoms with Crippen molar-refractivity contribution in [1.29, 1.82) is 0 Å². The largest absolute Gasteiger partial charge is 0.400 e. The van der Waals surface area contributed by atoms with E-state index in [1.165, 1.54) is 22.3 Å². The molecule has 1 saturated heterocycles. The Kier molecular flexibility index (Phi) is 12.5. The van der Waals surface area contributed by atoms with E-state index in [0.29, 0.717) is 6.54 Å². The highest BCUT2D eigenvalue weighted by atomic mass is 16.2. The predicted molar refractivity (Wildman–Crippen MR) is 153 cm³/mol. The van der Waals surface area contributed by atoms with Gasteiger partial charge in [-0.25, -0.2) is 0 Å². The first-order valence-electron chi connectivity index (χ1n) is 12.8. The van der Waals surface area contributed by atoms with Crippen LogP contribution in [0.3, 0.4) is 0 Å². The van der Waals surface area contributed by atoms with Crippen LogP contribution < -0.4 is 5.73 Å². The summed E-state index contributed by atoms with van der Waals surface area (Å²) >= 11 is 0. The van der Waals surface area contributed by atoms with Crippen LogP contribution in [-0.4, -0.2) is 46.9 Å². The molecule has 0 spiro atoms. The van der Waals surface area contributed by atoms with E-state index in [4.69, 9.17) is 10.8 Å². The number of hydrogen-bond donors (Lipinski definition) is 2. The van der Waals surface area contributed by atoms with Gasteiger partial charge in [0.05, 0.1) is 20.0 Å². The summed E-state index contributed by atoms with van der Waals surface area (Å²) in [5.41, 5.74) is 10.7. The molecular formula is C32H40N4O. The lowest BCUT2D eigenvalue weighted by Crippen LogP contribution is -2.53. The van der Waals surface area contributed by atoms with Crippen LogP contribution in [0.25, 0.3) is 0 Å². The molecule has 194 valence electrons. The lowest BCUT2D eigenvalue weighted by Gasteiger charge is -2.42. The van der Waals surface area contributed by atoms with E-state index in [1.54, 1.807) is 0 Å². The van der Waals surface area contributed by atoms with Gasteiger partial charge in [0.2, 0.25) is 0 Å². The van der Waals surface area contributed by atoms with Gasteiger partial charge in [-0.05, 0) is 22.3 Å². The zero-order valence-electron chi connectivity index (χ0n) is 21.9. The number of rotatable bonds is 7. The van der Waals surface area contributed by atoms with Crippen molar-refractivity contribution in [2.45, 2.75) is 26.2 Å². The van der Waals surface area contributed by atoms with Crippen LogP contribution in [-0.2, 0) is 26.2 Å². The molecule has 0 bridgehead atoms. The van der Waals surface area contributed by atoms with Gasteiger partial charge in [0.15, 0.2) is 0 Å². The quantitative estimate of drug-likeness (QED) is 0.371. The van der Waals surface area contributed by atoms with Gasteiger partial charge in [0, 0.05) is 33.3 Å². The maximum absolute atomic E-state index is 7.00. The molecule has 0 amide bonds. The highest BCUT2D eigenvalue weighted by molar-refractivity contribution is 5.17. The Bertz CT molecular complexity index is 976. The third-order valence-corrected chi connectivity index (χ3v) is 6.03. The van der Waals surface area contributed by atoms with Crippen molar-refractivity contribution in [3.63, 3.8) is 0 Å². The molecule has 3 N–H and O–H groups in total. The van der Waals surface area contributed by atoms with Gasteiger partial charge in [-0.3, -0.25) is 14.7 Å². The van der Waals surface area contributed by atoms with Gasteiger partial charge in [-0.15, -0.1) is 0 Å². The van der Waals surface area contributed by atoms with Crippen LogP contribution in [0.2, 0.25) is 0 Å². The predicted octanol–water partition coefficient (Wildman–Crippen LogP) is 5.13. The SMILES string of the molecule is CO.NCc1ccccc1.c1ccc(CN2CN(Cc3ccccc3)CN(Cc3ccccc3)C2)cc1. The zero-order chi connectivity index (χ0) is 26.1. The van der Waals surface area contributed by atoms with Gasteiger partial charge in [0.1, 0.15) is 0 Å². The number of nitrogens with zero attached hydrogens (tertiary/aromatic N) is 3. The summed E-state index contributed by atoms with van der Waals surface area (Å²) in [4.78, 5) is 7.60. The number of benzene rings is 4. The van der Waals surface area contributed by atoms with Crippen LogP contribution >= 0.6 is 0 Å². The first-order chi connectivity index (χ1) is 18.3. The van der Waals surface area contributed by atoms with Crippen molar-refractivity contribution < 1.29 is 5.11 Å². The van der Waals surface area contributed by atoms with Gasteiger partial charge in [-0.1, -0.05) is 121 Å². The summed E-state index contributed by atoms with van der Waals surface area (Å²) in [5.74, 6) is 0. The normalized spacial score (nSPS) is 14.1. The number of hydrogen-bond acceptors (Lipinski definition) is 5. The Labute approximate surface area is 222 Å². The van der Waals surface area contributed by atoms with Crippen LogP contribution in [0.5, 0.6) is 0 Å². The molecule has 1 aliphatic rings. The summed E-state index contributed by atoms with van der Waals surface area (Å²) in [6, 6.07) is 42.3. The average molecular weight is 497 g/mol. The third-order valence-electron chi connectivity index (χ3n) is 6.03. The molecule has 1 heterocycles. The van der Waals surface area contributed by atoms with E-state index >= 15 is 0 Å². The van der Waals surface area contributed by atoms with Crippen molar-refractivity contribution in [1.82, 2.24) is 14.7 Å². The van der Waals surface area contributed by atoms with Crippen LogP contribution in [0.15, 0.2) is 121 Å². The second kappa shape index (κ2) is 16.4. The molecule has 0 atom stereocenters. The Hall–Kier alpha value is -3.32. The fourth-order valence-electron chi connectivity index (χ4n) is 4.42. The fourth-order valence-corrected chi connectivity index (χ4v) is 4.42. The Morgan fingerprint density at radius 1 is 0.459 bits per heavy atom. The number of nitrogens with two attached hydrogens (primary N) is 1. The molecule has 5 rings (SSSR count). The second-order valence-corrected chi connectivity index (χ2v) is 9.06. The molecule has 37 heavy (non-hydrogen) atoms. The highest BCUT2D eigenvalue weighted by Crippen LogP contribution is 2.17. The standard InChI is InChI=1S/C24H27N3.C7H9N.CH4O/c1-4-10-22(11-5-1)16-25-19-26(17-23-12-6-2-7-13-23)21-27(20-25)18-24-14-8-3-9-15-24;8-6-7-4-2-1-3-5-7;1-2/h1-15H,16-21H2;1-5H,6,8H2;2H,1H3. The minimum absolute atomic E-state index is 0.640. The highest BCUT2D eigenvalue weighted by Gasteiger charge is 2.23. The Balaban J connectivity index is 0.000000322. The van der Waals surface area contributed by atoms with Crippen molar-refractivity contribution >= 4 is 0 Å². The van der Waals surface area contributed by atoms with E-state index in [9.17, 15) is 0 Å². The summed E-state index contributed by atoms with van der Waals surface area (Å²) in [7, 11) is 1.00. The lowest BCUT2D eigenvalue weighted by molar-refractivity contribution is -0.0422. The average Bonchev–Trinajstić information content (AvgIpc) is 2.96. The minimum Gasteiger partial charge on any atom is -0.400 e. The lowest BCUT2D eigenvalue weighted by atomic mass is 10.2. The molecule has 0 saturated carbocycles. The molecule has 4 aromatic carbocycles. The molecule has 0 aliphatic carbocycles. The van der Waals surface area contributed by atoms with Gasteiger partial charge in [0.25, 0.3) is 0 Å². The topological polar surface area (TPSA) is 56.0 Å². The fraction of sp³-hybridized carbons (Fsp3) is 0.250. The van der Waals surface area contributed by atoms with Gasteiger partial charge >= 0.3 is 0 Å². The Morgan fingerprint density at radius 3 is 0.919 bits per heavy atom. The molecule has 0 aromatic heterocycles. The van der Waals surface area contributed by atoms with Crippen molar-refractivity contribution in [3.8, 4) is 0 Å². The molecule has 0 radical (unpaired) electrons. The molecule has 0 unspecified atom stereocenters. The van der Waals surface area contributed by atoms with Gasteiger partial charge < -0.3 is 10.8 Å². The monoisotopic (exact) mass is 496 g/mol. The van der Waals surface area contributed by atoms with Crippen molar-refractivity contribution in [2.75, 3.05) is 27.1 Å². The molecule has 5 nitrogen and oxygen atoms in total. The molecule has 5 heteroatoms. The van der Waals surface area contributed by atoms with E-state index in [-0.39, 0.29) is 0 Å². The number of aliphatic hydroxyl groups is 1. The molecule has 4 aromatic rings. The Morgan fingerprint density at radius 2 is 0.703 bits per heavy atom. The van der Waals surface area contributed by atoms with E-state index < -0.39 is 0 Å². The minimum atomic E-state index is 0.640. The smallest absolute Gasteiger partial charge is 0.0537 e. The third kappa shape index (κ3) is 10.3. The van der Waals surface area contributed by atoms with Crippen molar-refractivity contribution in [3.05, 3.63) is 144 Å². The first-order valence-corrected chi connectivity index (χ1v) is 12.8. The summed E-state index contributed by atoms with van der Waals surface area (Å²) in [6.07, 6.45) is 0. The summed E-state index contributed by atoms with van der Waals surface area (Å²) in [5, 5.41) is 7.00. The maximum Gasteiger partial charge on any atom is 0.0537 e.